The number of hydrogen-bond acceptors (Lipinski definition) is 35. The third-order valence-electron chi connectivity index (χ3n) is 24.7. The maximum absolute atomic E-state index is 10.0. The van der Waals surface area contributed by atoms with Crippen LogP contribution in [0, 0.1) is 32.1 Å². The third-order valence-corrected chi connectivity index (χ3v) is 24.7. The summed E-state index contributed by atoms with van der Waals surface area (Å²) in [5, 5.41) is 243. The molecule has 6 fully saturated rings. The lowest BCUT2D eigenvalue weighted by Gasteiger charge is -2.44. The number of aliphatic hydroxyl groups excluding tert-OH is 24. The molecule has 0 aliphatic carbocycles. The molecule has 35 nitrogen and oxygen atoms in total. The van der Waals surface area contributed by atoms with Crippen LogP contribution in [-0.2, 0) is 32.7 Å². The van der Waals surface area contributed by atoms with E-state index in [1.54, 1.807) is 36.6 Å². The molecule has 6 aromatic carbocycles. The molecule has 24 N–H and O–H groups in total. The van der Waals surface area contributed by atoms with Gasteiger partial charge in [0.15, 0.2) is 11.5 Å². The van der Waals surface area contributed by atoms with Crippen molar-refractivity contribution in [2.45, 2.75) is 258 Å². The number of nitrogens with zero attached hydrogens (tertiary/aromatic N) is 7. The summed E-state index contributed by atoms with van der Waals surface area (Å²) in [6, 6.07) is 41.9. The molecular weight excluding hydrogens is 1680 g/mol. The van der Waals surface area contributed by atoms with E-state index in [4.69, 9.17) is 18.9 Å². The first kappa shape index (κ1) is 107. The monoisotopic (exact) mass is 1820 g/mol. The maximum atomic E-state index is 10.0. The molecule has 0 amide bonds. The minimum absolute atomic E-state index is 0.00948. The largest absolute Gasteiger partial charge is 0.494 e. The molecule has 129 heavy (non-hydrogen) atoms. The number of aryl methyl sites for hydroxylation is 3. The number of ether oxygens (including phenoxy) is 4. The minimum atomic E-state index is -1.32. The van der Waals surface area contributed by atoms with Gasteiger partial charge in [-0.3, -0.25) is 29.4 Å². The van der Waals surface area contributed by atoms with Crippen LogP contribution in [0.15, 0.2) is 140 Å². The zero-order valence-electron chi connectivity index (χ0n) is 74.3. The Kier molecular flexibility index (Phi) is 44.6. The number of rotatable bonds is 28. The van der Waals surface area contributed by atoms with Gasteiger partial charge in [-0.25, -0.2) is 0 Å². The van der Waals surface area contributed by atoms with E-state index in [0.29, 0.717) is 70.7 Å². The Balaban J connectivity index is 0.000000192. The second kappa shape index (κ2) is 53.6. The van der Waals surface area contributed by atoms with Crippen molar-refractivity contribution >= 4 is 0 Å². The number of piperidine rings is 6. The summed E-state index contributed by atoms with van der Waals surface area (Å²) in [4.78, 5) is 10.5. The quantitative estimate of drug-likeness (QED) is 0.0227. The lowest BCUT2D eigenvalue weighted by molar-refractivity contribution is -0.150. The summed E-state index contributed by atoms with van der Waals surface area (Å²) in [5.41, 5.74) is 9.09. The number of likely N-dealkylation sites (tertiary alicyclic amines) is 6. The van der Waals surface area contributed by atoms with E-state index in [1.807, 2.05) is 148 Å². The van der Waals surface area contributed by atoms with E-state index in [1.165, 1.54) is 4.90 Å². The Morgan fingerprint density at radius 1 is 0.318 bits per heavy atom. The first-order chi connectivity index (χ1) is 61.8. The Morgan fingerprint density at radius 3 is 0.860 bits per heavy atom. The van der Waals surface area contributed by atoms with Crippen LogP contribution < -0.4 is 18.9 Å². The number of β-amino-alcohol motifs (C(OH)–C–C–N with tert-alkyl or cyclic N) is 6. The Hall–Kier alpha value is -7.19. The minimum Gasteiger partial charge on any atom is -0.494 e. The molecule has 720 valence electrons. The fraction of sp³-hybridized carbons (Fsp3) is 0.606. The average molecular weight is 1820 g/mol. The highest BCUT2D eigenvalue weighted by Gasteiger charge is 2.48. The van der Waals surface area contributed by atoms with Gasteiger partial charge in [-0.2, -0.15) is 5.26 Å². The predicted octanol–water partition coefficient (Wildman–Crippen LogP) is -2.43. The van der Waals surface area contributed by atoms with Crippen molar-refractivity contribution in [3.63, 3.8) is 0 Å². The van der Waals surface area contributed by atoms with Crippen molar-refractivity contribution in [2.24, 2.45) is 0 Å². The van der Waals surface area contributed by atoms with Crippen molar-refractivity contribution in [1.82, 2.24) is 29.4 Å². The van der Waals surface area contributed by atoms with E-state index in [0.717, 1.165) is 100 Å². The van der Waals surface area contributed by atoms with Gasteiger partial charge in [0.25, 0.3) is 0 Å². The molecule has 0 aromatic heterocycles. The van der Waals surface area contributed by atoms with Crippen molar-refractivity contribution in [2.75, 3.05) is 105 Å². The van der Waals surface area contributed by atoms with Gasteiger partial charge in [-0.1, -0.05) is 159 Å². The summed E-state index contributed by atoms with van der Waals surface area (Å²) in [6.07, 6.45) is -14.0. The van der Waals surface area contributed by atoms with E-state index < -0.39 is 159 Å². The second-order valence-electron chi connectivity index (χ2n) is 34.4. The van der Waals surface area contributed by atoms with Crippen LogP contribution in [0.25, 0.3) is 0 Å². The summed E-state index contributed by atoms with van der Waals surface area (Å²) >= 11 is 0. The molecule has 0 spiro atoms. The van der Waals surface area contributed by atoms with Gasteiger partial charge in [0, 0.05) is 72.0 Å². The van der Waals surface area contributed by atoms with Crippen LogP contribution in [0.2, 0.25) is 0 Å². The van der Waals surface area contributed by atoms with Gasteiger partial charge in [0.1, 0.15) is 104 Å². The van der Waals surface area contributed by atoms with Gasteiger partial charge < -0.3 is 142 Å². The molecule has 0 bridgehead atoms. The molecule has 1 unspecified atom stereocenters. The smallest absolute Gasteiger partial charge is 0.161 e. The second-order valence-corrected chi connectivity index (χ2v) is 34.4. The standard InChI is InChI=1S/2C18H29NO5.C15H20N2O4.C15H21NO6.2C14H21NO4/c2*1-2-3-4-9-24-14-7-5-13(6-8-14)10-19-11-16(21)18(23)17(22)15(19)12-20;1-9-2-4-10(5-3-9)11(6-16)17-7-13(19)15(21)14(20)12(17)8-18;17-8-10-14(19)15(20)11(18)7-16(10)6-9-1-2-12-13(5-9)22-4-3-21-12;2*1-9-2-4-10(5-3-9)6-15-7-12(17)14(19)13(18)11(15)8-16/h2*5-8,15-18,20-23H,2-4,9-12H2,1H3;2-5,11-15,18-21H,7-8H2,1H3;1-2,5,10-11,14-15,17-20H,3-4,6-8H2;2*2-5,11-14,16-19H,6-8H2,1H3/t2*15-,16+,17-,18-;11?,12-,13+,14-,15-;10-,11+,14-,15-;2*11-,12+,13-,14-/m111111/s1. The highest BCUT2D eigenvalue weighted by atomic mass is 16.6. The van der Waals surface area contributed by atoms with Crippen molar-refractivity contribution in [1.29, 1.82) is 5.26 Å². The normalized spacial score (nSPS) is 30.6. The van der Waals surface area contributed by atoms with E-state index in [2.05, 4.69) is 19.9 Å². The van der Waals surface area contributed by atoms with Gasteiger partial charge in [-0.15, -0.1) is 0 Å². The molecule has 6 aromatic rings. The first-order valence-corrected chi connectivity index (χ1v) is 44.5. The molecule has 0 radical (unpaired) electrons. The highest BCUT2D eigenvalue weighted by molar-refractivity contribution is 5.44. The van der Waals surface area contributed by atoms with Crippen LogP contribution in [0.3, 0.4) is 0 Å². The Labute approximate surface area is 754 Å². The molecule has 13 rings (SSSR count). The SMILES string of the molecule is CCCCCOc1ccc(CN2C[C@H](O)[C@@H](O)[C@H](O)[C@H]2CO)cc1.CCCCCOc1ccc(CN2C[C@H](O)[C@@H](O)[C@H](O)[C@H]2CO)cc1.Cc1ccc(C(C#N)N2C[C@H](O)[C@@H](O)[C@H](O)[C@H]2CO)cc1.Cc1ccc(CN2C[C@H](O)[C@@H](O)[C@H](O)[C@H]2CO)cc1.Cc1ccc(CN2C[C@H](O)[C@@H](O)[C@H](O)[C@H]2CO)cc1.OC[C@@H]1[C@@H](O)[C@H](O)[C@@H](O)CN1Cc1ccc2c(c1)OCCO2. The summed E-state index contributed by atoms with van der Waals surface area (Å²) in [5.74, 6) is 3.01. The topological polar surface area (TPSA) is 566 Å². The van der Waals surface area contributed by atoms with E-state index in [9.17, 15) is 128 Å². The fourth-order valence-electron chi connectivity index (χ4n) is 16.7. The van der Waals surface area contributed by atoms with Crippen molar-refractivity contribution in [3.05, 3.63) is 190 Å². The maximum Gasteiger partial charge on any atom is 0.161 e. The summed E-state index contributed by atoms with van der Waals surface area (Å²) in [6.45, 7) is 14.4. The molecule has 6 saturated heterocycles. The van der Waals surface area contributed by atoms with Crippen LogP contribution in [0.1, 0.15) is 108 Å². The van der Waals surface area contributed by atoms with E-state index in [-0.39, 0.29) is 72.3 Å². The zero-order valence-corrected chi connectivity index (χ0v) is 74.3. The number of fused-ring (bicyclic) bond motifs is 1. The lowest BCUT2D eigenvalue weighted by Crippen LogP contribution is -2.62. The molecule has 7 heterocycles. The van der Waals surface area contributed by atoms with Crippen molar-refractivity contribution < 1.29 is 142 Å². The van der Waals surface area contributed by atoms with Gasteiger partial charge >= 0.3 is 0 Å². The Morgan fingerprint density at radius 2 is 0.574 bits per heavy atom. The number of benzene rings is 6. The predicted molar refractivity (Wildman–Crippen MR) is 474 cm³/mol. The van der Waals surface area contributed by atoms with Crippen LogP contribution >= 0.6 is 0 Å². The van der Waals surface area contributed by atoms with E-state index >= 15 is 0 Å². The number of hydrogen-bond donors (Lipinski definition) is 24. The molecule has 7 aliphatic heterocycles. The number of aliphatic hydroxyl groups is 24. The molecule has 0 saturated carbocycles. The highest BCUT2D eigenvalue weighted by Crippen LogP contribution is 2.35. The molecule has 7 aliphatic rings. The summed E-state index contributed by atoms with van der Waals surface area (Å²) < 4.78 is 22.4. The zero-order chi connectivity index (χ0) is 94.3. The average Bonchev–Trinajstić information content (AvgIpc) is 0.775. The fourth-order valence-corrected chi connectivity index (χ4v) is 16.7. The number of unbranched alkanes of at least 4 members (excludes halogenated alkanes) is 4. The molecular formula is C94H141N7O28. The van der Waals surface area contributed by atoms with Gasteiger partial charge in [-0.05, 0) is 103 Å². The Bertz CT molecular complexity index is 4010. The molecule has 35 heteroatoms. The first-order valence-electron chi connectivity index (χ1n) is 44.5. The third kappa shape index (κ3) is 30.4. The van der Waals surface area contributed by atoms with Crippen LogP contribution in [0.4, 0.5) is 0 Å². The van der Waals surface area contributed by atoms with Gasteiger partial charge in [0.05, 0.1) is 132 Å². The van der Waals surface area contributed by atoms with Crippen LogP contribution in [0.5, 0.6) is 23.0 Å². The van der Waals surface area contributed by atoms with Crippen molar-refractivity contribution in [3.8, 4) is 29.1 Å². The summed E-state index contributed by atoms with van der Waals surface area (Å²) in [7, 11) is 0. The van der Waals surface area contributed by atoms with Gasteiger partial charge in [0.2, 0.25) is 0 Å². The molecule has 25 atom stereocenters. The van der Waals surface area contributed by atoms with Crippen LogP contribution in [-0.4, -0.2) is 403 Å². The lowest BCUT2D eigenvalue weighted by atomic mass is 9.91. The number of nitriles is 1.